The molecule has 1 saturated heterocycles. The zero-order valence-corrected chi connectivity index (χ0v) is 13.0. The summed E-state index contributed by atoms with van der Waals surface area (Å²) in [6, 6.07) is 8.47. The molecule has 2 heterocycles. The lowest BCUT2D eigenvalue weighted by atomic mass is 10.1. The second-order valence-electron chi connectivity index (χ2n) is 5.78. The van der Waals surface area contributed by atoms with E-state index in [1.165, 1.54) is 5.01 Å². The van der Waals surface area contributed by atoms with Crippen LogP contribution in [0.1, 0.15) is 24.5 Å². The highest BCUT2D eigenvalue weighted by atomic mass is 16.6. The average Bonchev–Trinajstić information content (AvgIpc) is 3.18. The molecular formula is C16H15N5O3. The van der Waals surface area contributed by atoms with E-state index in [4.69, 9.17) is 15.3 Å². The van der Waals surface area contributed by atoms with Crippen molar-refractivity contribution in [2.45, 2.75) is 31.7 Å². The van der Waals surface area contributed by atoms with Crippen molar-refractivity contribution < 1.29 is 14.6 Å². The molecule has 8 nitrogen and oxygen atoms in total. The smallest absolute Gasteiger partial charge is 0.368 e. The van der Waals surface area contributed by atoms with Gasteiger partial charge in [0.2, 0.25) is 5.90 Å². The van der Waals surface area contributed by atoms with Crippen LogP contribution >= 0.6 is 0 Å². The van der Waals surface area contributed by atoms with E-state index in [-0.39, 0.29) is 18.0 Å². The molecule has 24 heavy (non-hydrogen) atoms. The molecular weight excluding hydrogens is 310 g/mol. The number of nitriles is 2. The molecule has 2 aliphatic rings. The van der Waals surface area contributed by atoms with Crippen molar-refractivity contribution in [1.29, 1.82) is 10.5 Å². The van der Waals surface area contributed by atoms with Gasteiger partial charge >= 0.3 is 5.97 Å². The number of likely N-dealkylation sites (tertiary alicyclic amines) is 1. The summed E-state index contributed by atoms with van der Waals surface area (Å²) in [6.07, 6.45) is 1.49. The minimum Gasteiger partial charge on any atom is -0.477 e. The number of carboxylic acid groups (broad SMARTS) is 1. The Morgan fingerprint density at radius 3 is 2.88 bits per heavy atom. The van der Waals surface area contributed by atoms with Crippen LogP contribution in [0.2, 0.25) is 0 Å². The van der Waals surface area contributed by atoms with Crippen LogP contribution in [-0.4, -0.2) is 51.7 Å². The van der Waals surface area contributed by atoms with Crippen LogP contribution in [0.3, 0.4) is 0 Å². The molecule has 0 aliphatic carbocycles. The highest BCUT2D eigenvalue weighted by Gasteiger charge is 2.43. The Morgan fingerprint density at radius 2 is 2.25 bits per heavy atom. The second-order valence-corrected chi connectivity index (χ2v) is 5.78. The number of ether oxygens (including phenoxy) is 1. The third-order valence-corrected chi connectivity index (χ3v) is 4.17. The third kappa shape index (κ3) is 2.70. The van der Waals surface area contributed by atoms with E-state index >= 15 is 0 Å². The van der Waals surface area contributed by atoms with Crippen molar-refractivity contribution in [2.75, 3.05) is 6.54 Å². The molecule has 1 aromatic carbocycles. The first kappa shape index (κ1) is 15.6. The van der Waals surface area contributed by atoms with E-state index in [0.29, 0.717) is 24.1 Å². The number of benzene rings is 1. The molecule has 0 radical (unpaired) electrons. The van der Waals surface area contributed by atoms with E-state index in [9.17, 15) is 9.90 Å². The SMILES string of the molecule is C[C@@H]1C[C@@H](N2N=C(c3cccc(C#N)c3)OC2C(=O)O)CN1C#N. The lowest BCUT2D eigenvalue weighted by Gasteiger charge is -2.24. The Kier molecular flexibility index (Phi) is 3.97. The van der Waals surface area contributed by atoms with Crippen LogP contribution in [0.15, 0.2) is 29.4 Å². The lowest BCUT2D eigenvalue weighted by Crippen LogP contribution is -2.43. The zero-order valence-electron chi connectivity index (χ0n) is 13.0. The van der Waals surface area contributed by atoms with Crippen LogP contribution < -0.4 is 0 Å². The topological polar surface area (TPSA) is 113 Å². The van der Waals surface area contributed by atoms with E-state index in [2.05, 4.69) is 11.3 Å². The van der Waals surface area contributed by atoms with Gasteiger partial charge in [0, 0.05) is 11.6 Å². The Labute approximate surface area is 138 Å². The van der Waals surface area contributed by atoms with Crippen LogP contribution in [-0.2, 0) is 9.53 Å². The van der Waals surface area contributed by atoms with Gasteiger partial charge in [0.05, 0.1) is 24.2 Å². The van der Waals surface area contributed by atoms with Crippen molar-refractivity contribution in [3.05, 3.63) is 35.4 Å². The molecule has 1 aromatic rings. The molecule has 0 bridgehead atoms. The summed E-state index contributed by atoms with van der Waals surface area (Å²) in [5, 5.41) is 33.2. The third-order valence-electron chi connectivity index (χ3n) is 4.17. The van der Waals surface area contributed by atoms with Gasteiger partial charge < -0.3 is 14.7 Å². The maximum atomic E-state index is 11.5. The predicted molar refractivity (Wildman–Crippen MR) is 82.2 cm³/mol. The normalized spacial score (nSPS) is 25.6. The molecule has 3 rings (SSSR count). The van der Waals surface area contributed by atoms with Crippen molar-refractivity contribution in [3.8, 4) is 12.3 Å². The number of carbonyl (C=O) groups is 1. The molecule has 8 heteroatoms. The number of rotatable bonds is 3. The van der Waals surface area contributed by atoms with Crippen molar-refractivity contribution in [3.63, 3.8) is 0 Å². The van der Waals surface area contributed by atoms with Crippen molar-refractivity contribution in [2.24, 2.45) is 5.10 Å². The van der Waals surface area contributed by atoms with Gasteiger partial charge in [-0.1, -0.05) is 6.07 Å². The Bertz CT molecular complexity index is 779. The van der Waals surface area contributed by atoms with Gasteiger partial charge in [-0.2, -0.15) is 10.5 Å². The van der Waals surface area contributed by atoms with Gasteiger partial charge in [-0.3, -0.25) is 0 Å². The molecule has 3 atom stereocenters. The van der Waals surface area contributed by atoms with Gasteiger partial charge in [-0.25, -0.2) is 9.80 Å². The molecule has 1 fully saturated rings. The largest absolute Gasteiger partial charge is 0.477 e. The van der Waals surface area contributed by atoms with E-state index < -0.39 is 12.2 Å². The number of hydrogen-bond donors (Lipinski definition) is 1. The van der Waals surface area contributed by atoms with Crippen LogP contribution in [0.5, 0.6) is 0 Å². The minimum absolute atomic E-state index is 0.0237. The van der Waals surface area contributed by atoms with Crippen LogP contribution in [0, 0.1) is 22.8 Å². The number of hydrazone groups is 1. The first-order valence-electron chi connectivity index (χ1n) is 7.46. The predicted octanol–water partition coefficient (Wildman–Crippen LogP) is 0.907. The van der Waals surface area contributed by atoms with Gasteiger partial charge in [-0.05, 0) is 31.5 Å². The number of nitrogens with zero attached hydrogens (tertiary/aromatic N) is 5. The van der Waals surface area contributed by atoms with Crippen LogP contribution in [0.25, 0.3) is 0 Å². The monoisotopic (exact) mass is 325 g/mol. The Hall–Kier alpha value is -3.26. The second kappa shape index (κ2) is 6.09. The summed E-state index contributed by atoms with van der Waals surface area (Å²) < 4.78 is 5.50. The molecule has 1 unspecified atom stereocenters. The van der Waals surface area contributed by atoms with Gasteiger partial charge in [0.1, 0.15) is 0 Å². The molecule has 2 aliphatic heterocycles. The highest BCUT2D eigenvalue weighted by molar-refractivity contribution is 5.97. The summed E-state index contributed by atoms with van der Waals surface area (Å²) >= 11 is 0. The summed E-state index contributed by atoms with van der Waals surface area (Å²) in [5.41, 5.74) is 0.986. The minimum atomic E-state index is -1.23. The number of aliphatic carboxylic acids is 1. The Balaban J connectivity index is 1.89. The van der Waals surface area contributed by atoms with Crippen molar-refractivity contribution >= 4 is 11.9 Å². The zero-order chi connectivity index (χ0) is 17.3. The van der Waals surface area contributed by atoms with E-state index in [0.717, 1.165) is 0 Å². The average molecular weight is 325 g/mol. The van der Waals surface area contributed by atoms with Crippen LogP contribution in [0.4, 0.5) is 0 Å². The van der Waals surface area contributed by atoms with Gasteiger partial charge in [0.25, 0.3) is 6.23 Å². The first-order valence-corrected chi connectivity index (χ1v) is 7.46. The maximum Gasteiger partial charge on any atom is 0.368 e. The van der Waals surface area contributed by atoms with E-state index in [1.54, 1.807) is 29.2 Å². The highest BCUT2D eigenvalue weighted by Crippen LogP contribution is 2.28. The molecule has 0 aromatic heterocycles. The maximum absolute atomic E-state index is 11.5. The van der Waals surface area contributed by atoms with E-state index in [1.807, 2.05) is 13.0 Å². The number of hydrogen-bond acceptors (Lipinski definition) is 7. The summed E-state index contributed by atoms with van der Waals surface area (Å²) in [6.45, 7) is 2.32. The summed E-state index contributed by atoms with van der Waals surface area (Å²) in [4.78, 5) is 13.1. The molecule has 122 valence electrons. The van der Waals surface area contributed by atoms with Gasteiger partial charge in [-0.15, -0.1) is 5.10 Å². The quantitative estimate of drug-likeness (QED) is 0.822. The molecule has 0 spiro atoms. The first-order chi connectivity index (χ1) is 11.5. The molecule has 0 amide bonds. The number of carboxylic acids is 1. The fourth-order valence-electron chi connectivity index (χ4n) is 2.96. The lowest BCUT2D eigenvalue weighted by molar-refractivity contribution is -0.154. The van der Waals surface area contributed by atoms with Gasteiger partial charge in [0.15, 0.2) is 6.19 Å². The fourth-order valence-corrected chi connectivity index (χ4v) is 2.96. The summed E-state index contributed by atoms with van der Waals surface area (Å²) in [7, 11) is 0. The Morgan fingerprint density at radius 1 is 1.46 bits per heavy atom. The van der Waals surface area contributed by atoms with Crippen molar-refractivity contribution in [1.82, 2.24) is 9.91 Å². The summed E-state index contributed by atoms with van der Waals surface area (Å²) in [5.74, 6) is -0.976. The molecule has 1 N–H and O–H groups in total. The molecule has 0 saturated carbocycles. The standard InChI is InChI=1S/C16H15N5O3/c1-10-5-13(8-20(10)9-18)21-15(16(22)23)24-14(19-21)12-4-2-3-11(6-12)7-17/h2-4,6,10,13,15H,5,8H2,1H3,(H,22,23)/t10-,13-,15?/m1/s1. The fraction of sp³-hybridized carbons (Fsp3) is 0.375.